The number of carbonyl (C=O) groups is 1. The fourth-order valence-corrected chi connectivity index (χ4v) is 2.11. The fourth-order valence-electron chi connectivity index (χ4n) is 2.11. The number of hydrogen-bond donors (Lipinski definition) is 4. The number of rotatable bonds is 6. The van der Waals surface area contributed by atoms with Crippen LogP contribution in [-0.4, -0.2) is 38.0 Å². The van der Waals surface area contributed by atoms with Gasteiger partial charge in [0.05, 0.1) is 18.3 Å². The summed E-state index contributed by atoms with van der Waals surface area (Å²) in [6.45, 7) is -0.171. The lowest BCUT2D eigenvalue weighted by molar-refractivity contribution is 0.0696. The quantitative estimate of drug-likeness (QED) is 0.646. The van der Waals surface area contributed by atoms with Crippen LogP contribution in [0.3, 0.4) is 0 Å². The SMILES string of the molecule is O=C(O)c1cccc(C(O)Cc2ccc(O)c(/C=C/CO)n2)c1. The van der Waals surface area contributed by atoms with Gasteiger partial charge in [-0.2, -0.15) is 0 Å². The Balaban J connectivity index is 2.20. The van der Waals surface area contributed by atoms with Gasteiger partial charge in [0.25, 0.3) is 0 Å². The highest BCUT2D eigenvalue weighted by Gasteiger charge is 2.13. The molecule has 120 valence electrons. The Morgan fingerprint density at radius 3 is 2.74 bits per heavy atom. The van der Waals surface area contributed by atoms with E-state index in [-0.39, 0.29) is 24.3 Å². The van der Waals surface area contributed by atoms with Crippen LogP contribution in [-0.2, 0) is 6.42 Å². The zero-order valence-corrected chi connectivity index (χ0v) is 12.3. The molecule has 1 aromatic heterocycles. The van der Waals surface area contributed by atoms with Crippen molar-refractivity contribution in [2.24, 2.45) is 0 Å². The predicted octanol–water partition coefficient (Wildman–Crippen LogP) is 1.77. The molecule has 0 radical (unpaired) electrons. The zero-order valence-electron chi connectivity index (χ0n) is 12.3. The van der Waals surface area contributed by atoms with Crippen LogP contribution in [0.1, 0.15) is 33.4 Å². The van der Waals surface area contributed by atoms with Crippen molar-refractivity contribution in [2.45, 2.75) is 12.5 Å². The number of benzene rings is 1. The summed E-state index contributed by atoms with van der Waals surface area (Å²) >= 11 is 0. The van der Waals surface area contributed by atoms with E-state index >= 15 is 0 Å². The molecule has 0 aliphatic heterocycles. The molecule has 1 atom stereocenters. The van der Waals surface area contributed by atoms with Crippen LogP contribution >= 0.6 is 0 Å². The Morgan fingerprint density at radius 1 is 1.26 bits per heavy atom. The van der Waals surface area contributed by atoms with Crippen LogP contribution in [0.5, 0.6) is 5.75 Å². The molecule has 0 aliphatic carbocycles. The van der Waals surface area contributed by atoms with Gasteiger partial charge in [-0.25, -0.2) is 9.78 Å². The lowest BCUT2D eigenvalue weighted by Crippen LogP contribution is -2.06. The standard InChI is InChI=1S/C17H17NO5/c19-8-2-5-14-15(20)7-6-13(18-14)10-16(21)11-3-1-4-12(9-11)17(22)23/h1-7,9,16,19-21H,8,10H2,(H,22,23)/b5-2+. The molecule has 0 saturated carbocycles. The van der Waals surface area contributed by atoms with Crippen molar-refractivity contribution < 1.29 is 25.2 Å². The van der Waals surface area contributed by atoms with Crippen LogP contribution in [0.25, 0.3) is 6.08 Å². The number of aliphatic hydroxyl groups excluding tert-OH is 2. The first kappa shape index (κ1) is 16.7. The average molecular weight is 315 g/mol. The van der Waals surface area contributed by atoms with Gasteiger partial charge in [0.1, 0.15) is 11.4 Å². The second-order valence-electron chi connectivity index (χ2n) is 4.94. The molecule has 1 aromatic carbocycles. The number of aromatic nitrogens is 1. The summed E-state index contributed by atoms with van der Waals surface area (Å²) in [5, 5.41) is 37.7. The van der Waals surface area contributed by atoms with Crippen LogP contribution in [0.2, 0.25) is 0 Å². The average Bonchev–Trinajstić information content (AvgIpc) is 2.55. The number of aromatic carboxylic acids is 1. The minimum absolute atomic E-state index is 0.0270. The minimum atomic E-state index is -1.06. The summed E-state index contributed by atoms with van der Waals surface area (Å²) in [6, 6.07) is 9.12. The van der Waals surface area contributed by atoms with Crippen LogP contribution in [0, 0.1) is 0 Å². The molecule has 23 heavy (non-hydrogen) atoms. The van der Waals surface area contributed by atoms with E-state index in [9.17, 15) is 15.0 Å². The molecule has 0 bridgehead atoms. The highest BCUT2D eigenvalue weighted by Crippen LogP contribution is 2.22. The Labute approximate surface area is 133 Å². The lowest BCUT2D eigenvalue weighted by Gasteiger charge is -2.12. The van der Waals surface area contributed by atoms with E-state index < -0.39 is 12.1 Å². The van der Waals surface area contributed by atoms with Gasteiger partial charge in [-0.05, 0) is 35.9 Å². The van der Waals surface area contributed by atoms with Gasteiger partial charge in [0.15, 0.2) is 0 Å². The number of carboxylic acid groups (broad SMARTS) is 1. The van der Waals surface area contributed by atoms with E-state index in [1.165, 1.54) is 30.4 Å². The van der Waals surface area contributed by atoms with Gasteiger partial charge in [0.2, 0.25) is 0 Å². The maximum atomic E-state index is 11.0. The monoisotopic (exact) mass is 315 g/mol. The summed E-state index contributed by atoms with van der Waals surface area (Å²) in [6.07, 6.45) is 2.18. The van der Waals surface area contributed by atoms with Crippen molar-refractivity contribution in [1.82, 2.24) is 4.98 Å². The first-order valence-electron chi connectivity index (χ1n) is 6.99. The van der Waals surface area contributed by atoms with Crippen molar-refractivity contribution in [3.63, 3.8) is 0 Å². The molecule has 4 N–H and O–H groups in total. The summed E-state index contributed by atoms with van der Waals surface area (Å²) < 4.78 is 0. The number of nitrogens with zero attached hydrogens (tertiary/aromatic N) is 1. The fraction of sp³-hybridized carbons (Fsp3) is 0.176. The third kappa shape index (κ3) is 4.38. The molecule has 2 aromatic rings. The number of aliphatic hydroxyl groups is 2. The summed E-state index contributed by atoms with van der Waals surface area (Å²) in [5.41, 5.74) is 1.41. The first-order valence-corrected chi connectivity index (χ1v) is 6.99. The zero-order chi connectivity index (χ0) is 16.8. The van der Waals surface area contributed by atoms with Gasteiger partial charge in [0, 0.05) is 12.1 Å². The maximum absolute atomic E-state index is 11.0. The second kappa shape index (κ2) is 7.53. The molecule has 0 aliphatic rings. The van der Waals surface area contributed by atoms with E-state index in [4.69, 9.17) is 10.2 Å². The maximum Gasteiger partial charge on any atom is 0.335 e. The van der Waals surface area contributed by atoms with Crippen LogP contribution in [0.4, 0.5) is 0 Å². The van der Waals surface area contributed by atoms with E-state index in [1.54, 1.807) is 18.2 Å². The van der Waals surface area contributed by atoms with Crippen molar-refractivity contribution in [3.05, 3.63) is 65.0 Å². The highest BCUT2D eigenvalue weighted by molar-refractivity contribution is 5.87. The second-order valence-corrected chi connectivity index (χ2v) is 4.94. The molecule has 0 spiro atoms. The predicted molar refractivity (Wildman–Crippen MR) is 84.1 cm³/mol. The van der Waals surface area contributed by atoms with Gasteiger partial charge in [-0.15, -0.1) is 0 Å². The van der Waals surface area contributed by atoms with Crippen molar-refractivity contribution in [1.29, 1.82) is 0 Å². The molecule has 0 saturated heterocycles. The molecule has 1 unspecified atom stereocenters. The minimum Gasteiger partial charge on any atom is -0.506 e. The van der Waals surface area contributed by atoms with E-state index in [0.29, 0.717) is 17.0 Å². The Hall–Kier alpha value is -2.70. The molecular formula is C17H17NO5. The molecule has 0 amide bonds. The van der Waals surface area contributed by atoms with Crippen LogP contribution < -0.4 is 0 Å². The number of hydrogen-bond acceptors (Lipinski definition) is 5. The topological polar surface area (TPSA) is 111 Å². The van der Waals surface area contributed by atoms with E-state index in [2.05, 4.69) is 4.98 Å². The normalized spacial score (nSPS) is 12.4. The van der Waals surface area contributed by atoms with E-state index in [1.807, 2.05) is 0 Å². The van der Waals surface area contributed by atoms with Crippen molar-refractivity contribution in [2.75, 3.05) is 6.61 Å². The van der Waals surface area contributed by atoms with Crippen molar-refractivity contribution in [3.8, 4) is 5.75 Å². The van der Waals surface area contributed by atoms with Gasteiger partial charge in [-0.3, -0.25) is 0 Å². The smallest absolute Gasteiger partial charge is 0.335 e. The number of pyridine rings is 1. The Morgan fingerprint density at radius 2 is 2.04 bits per heavy atom. The van der Waals surface area contributed by atoms with Crippen molar-refractivity contribution >= 4 is 12.0 Å². The highest BCUT2D eigenvalue weighted by atomic mass is 16.4. The largest absolute Gasteiger partial charge is 0.506 e. The molecule has 0 fully saturated rings. The van der Waals surface area contributed by atoms with Crippen LogP contribution in [0.15, 0.2) is 42.5 Å². The molecule has 6 nitrogen and oxygen atoms in total. The number of carboxylic acids is 1. The first-order chi connectivity index (χ1) is 11.0. The third-order valence-corrected chi connectivity index (χ3v) is 3.26. The number of aromatic hydroxyl groups is 1. The van der Waals surface area contributed by atoms with Gasteiger partial charge in [-0.1, -0.05) is 18.2 Å². The third-order valence-electron chi connectivity index (χ3n) is 3.26. The molecule has 6 heteroatoms. The lowest BCUT2D eigenvalue weighted by atomic mass is 10.0. The summed E-state index contributed by atoms with van der Waals surface area (Å²) in [5.74, 6) is -1.08. The molecule has 2 rings (SSSR count). The molecular weight excluding hydrogens is 298 g/mol. The Kier molecular flexibility index (Phi) is 5.46. The Bertz CT molecular complexity index is 727. The summed E-state index contributed by atoms with van der Waals surface area (Å²) in [7, 11) is 0. The summed E-state index contributed by atoms with van der Waals surface area (Å²) in [4.78, 5) is 15.2. The van der Waals surface area contributed by atoms with Gasteiger partial charge < -0.3 is 20.4 Å². The van der Waals surface area contributed by atoms with Gasteiger partial charge >= 0.3 is 5.97 Å². The van der Waals surface area contributed by atoms with E-state index in [0.717, 1.165) is 0 Å². The molecule has 1 heterocycles.